The van der Waals surface area contributed by atoms with Crippen molar-refractivity contribution in [2.24, 2.45) is 0 Å². The molecule has 0 radical (unpaired) electrons. The van der Waals surface area contributed by atoms with Crippen LogP contribution in [0.4, 0.5) is 10.1 Å². The van der Waals surface area contributed by atoms with Crippen molar-refractivity contribution in [3.8, 4) is 0 Å². The number of carbonyl (C=O) groups is 2. The first kappa shape index (κ1) is 27.2. The van der Waals surface area contributed by atoms with E-state index in [1.807, 2.05) is 30.3 Å². The van der Waals surface area contributed by atoms with E-state index in [0.717, 1.165) is 22.2 Å². The third kappa shape index (κ3) is 7.29. The van der Waals surface area contributed by atoms with E-state index in [2.05, 4.69) is 5.32 Å². The van der Waals surface area contributed by atoms with E-state index < -0.39 is 40.2 Å². The molecule has 0 aliphatic carbocycles. The van der Waals surface area contributed by atoms with Crippen molar-refractivity contribution in [1.82, 2.24) is 10.2 Å². The molecule has 3 aromatic rings. The molecule has 190 valence electrons. The van der Waals surface area contributed by atoms with Crippen LogP contribution in [-0.4, -0.2) is 51.0 Å². The van der Waals surface area contributed by atoms with Gasteiger partial charge in [-0.1, -0.05) is 60.1 Å². The monoisotopic (exact) mass is 531 g/mol. The second kappa shape index (κ2) is 12.0. The van der Waals surface area contributed by atoms with E-state index >= 15 is 0 Å². The number of anilines is 1. The maximum Gasteiger partial charge on any atom is 0.244 e. The van der Waals surface area contributed by atoms with Crippen LogP contribution in [0.3, 0.4) is 0 Å². The highest BCUT2D eigenvalue weighted by Gasteiger charge is 2.32. The summed E-state index contributed by atoms with van der Waals surface area (Å²) in [6.45, 7) is -0.615. The minimum Gasteiger partial charge on any atom is -0.357 e. The van der Waals surface area contributed by atoms with Gasteiger partial charge < -0.3 is 10.2 Å². The summed E-state index contributed by atoms with van der Waals surface area (Å²) in [7, 11) is -2.49. The lowest BCUT2D eigenvalue weighted by atomic mass is 10.0. The van der Waals surface area contributed by atoms with Crippen molar-refractivity contribution in [2.45, 2.75) is 19.0 Å². The molecule has 0 aromatic heterocycles. The van der Waals surface area contributed by atoms with Crippen molar-refractivity contribution in [1.29, 1.82) is 0 Å². The standard InChI is InChI=1S/C26H27ClFN3O4S/c1-29-26(33)24(15-19-8-4-3-5-9-19)30(17-20-10-6-11-21(27)14-20)25(32)18-31(36(2,34)35)23-13-7-12-22(28)16-23/h3-14,16,24H,15,17-18H2,1-2H3,(H,29,33)/t24-/m1/s1. The van der Waals surface area contributed by atoms with Crippen LogP contribution >= 0.6 is 11.6 Å². The highest BCUT2D eigenvalue weighted by molar-refractivity contribution is 7.92. The van der Waals surface area contributed by atoms with Gasteiger partial charge in [-0.25, -0.2) is 12.8 Å². The third-order valence-corrected chi connectivity index (χ3v) is 6.91. The zero-order valence-electron chi connectivity index (χ0n) is 19.9. The molecule has 3 aromatic carbocycles. The molecule has 2 amide bonds. The number of carbonyl (C=O) groups excluding carboxylic acids is 2. The fraction of sp³-hybridized carbons (Fsp3) is 0.231. The molecule has 0 saturated heterocycles. The van der Waals surface area contributed by atoms with Crippen LogP contribution in [0.25, 0.3) is 0 Å². The normalized spacial score (nSPS) is 12.0. The highest BCUT2D eigenvalue weighted by atomic mass is 35.5. The molecule has 1 atom stereocenters. The van der Waals surface area contributed by atoms with Crippen LogP contribution in [0.2, 0.25) is 5.02 Å². The molecule has 0 heterocycles. The number of benzene rings is 3. The van der Waals surface area contributed by atoms with Gasteiger partial charge in [0.1, 0.15) is 18.4 Å². The Morgan fingerprint density at radius 2 is 1.64 bits per heavy atom. The summed E-state index contributed by atoms with van der Waals surface area (Å²) >= 11 is 6.14. The summed E-state index contributed by atoms with van der Waals surface area (Å²) in [5.74, 6) is -1.68. The van der Waals surface area contributed by atoms with Crippen LogP contribution in [0.1, 0.15) is 11.1 Å². The van der Waals surface area contributed by atoms with Gasteiger partial charge in [0.25, 0.3) is 0 Å². The number of halogens is 2. The minimum absolute atomic E-state index is 0.00503. The van der Waals surface area contributed by atoms with Crippen molar-refractivity contribution in [3.05, 3.63) is 101 Å². The van der Waals surface area contributed by atoms with Gasteiger partial charge in [-0.2, -0.15) is 0 Å². The molecule has 0 aliphatic heterocycles. The molecule has 36 heavy (non-hydrogen) atoms. The SMILES string of the molecule is CNC(=O)[C@@H](Cc1ccccc1)N(Cc1cccc(Cl)c1)C(=O)CN(c1cccc(F)c1)S(C)(=O)=O. The minimum atomic E-state index is -3.96. The van der Waals surface area contributed by atoms with Gasteiger partial charge in [0, 0.05) is 25.0 Å². The first-order valence-corrected chi connectivity index (χ1v) is 13.3. The lowest BCUT2D eigenvalue weighted by Gasteiger charge is -2.33. The predicted octanol–water partition coefficient (Wildman–Crippen LogP) is 3.63. The van der Waals surface area contributed by atoms with Gasteiger partial charge >= 0.3 is 0 Å². The Hall–Kier alpha value is -3.43. The Morgan fingerprint density at radius 3 is 2.25 bits per heavy atom. The molecule has 0 fully saturated rings. The molecule has 7 nitrogen and oxygen atoms in total. The third-order valence-electron chi connectivity index (χ3n) is 5.53. The van der Waals surface area contributed by atoms with E-state index in [1.54, 1.807) is 24.3 Å². The van der Waals surface area contributed by atoms with E-state index in [0.29, 0.717) is 10.6 Å². The maximum atomic E-state index is 13.9. The highest BCUT2D eigenvalue weighted by Crippen LogP contribution is 2.21. The quantitative estimate of drug-likeness (QED) is 0.433. The number of sulfonamides is 1. The molecule has 0 unspecified atom stereocenters. The van der Waals surface area contributed by atoms with E-state index in [9.17, 15) is 22.4 Å². The maximum absolute atomic E-state index is 13.9. The summed E-state index contributed by atoms with van der Waals surface area (Å²) < 4.78 is 39.9. The first-order chi connectivity index (χ1) is 17.1. The molecular weight excluding hydrogens is 505 g/mol. The zero-order chi connectivity index (χ0) is 26.3. The largest absolute Gasteiger partial charge is 0.357 e. The van der Waals surface area contributed by atoms with E-state index in [-0.39, 0.29) is 18.7 Å². The number of likely N-dealkylation sites (N-methyl/N-ethyl adjacent to an activating group) is 1. The Bertz CT molecular complexity index is 1320. The number of hydrogen-bond acceptors (Lipinski definition) is 4. The van der Waals surface area contributed by atoms with Crippen LogP contribution in [0.15, 0.2) is 78.9 Å². The topological polar surface area (TPSA) is 86.8 Å². The van der Waals surface area contributed by atoms with Gasteiger partial charge in [0.05, 0.1) is 11.9 Å². The molecule has 1 N–H and O–H groups in total. The summed E-state index contributed by atoms with van der Waals surface area (Å²) in [6.07, 6.45) is 1.14. The van der Waals surface area contributed by atoms with Gasteiger partial charge in [0.15, 0.2) is 0 Å². The number of hydrogen-bond donors (Lipinski definition) is 1. The molecule has 0 spiro atoms. The average molecular weight is 532 g/mol. The van der Waals surface area contributed by atoms with Gasteiger partial charge in [-0.3, -0.25) is 13.9 Å². The zero-order valence-corrected chi connectivity index (χ0v) is 21.5. The first-order valence-electron chi connectivity index (χ1n) is 11.1. The summed E-state index contributed by atoms with van der Waals surface area (Å²) in [6, 6.07) is 20.1. The molecule has 0 aliphatic rings. The number of amides is 2. The average Bonchev–Trinajstić information content (AvgIpc) is 2.84. The smallest absolute Gasteiger partial charge is 0.244 e. The molecule has 0 saturated carbocycles. The van der Waals surface area contributed by atoms with Gasteiger partial charge in [-0.15, -0.1) is 0 Å². The fourth-order valence-corrected chi connectivity index (χ4v) is 4.85. The van der Waals surface area contributed by atoms with Crippen LogP contribution < -0.4 is 9.62 Å². The molecule has 3 rings (SSSR count). The Kier molecular flexibility index (Phi) is 9.06. The second-order valence-electron chi connectivity index (χ2n) is 8.22. The fourth-order valence-electron chi connectivity index (χ4n) is 3.80. The van der Waals surface area contributed by atoms with Crippen molar-refractivity contribution < 1.29 is 22.4 Å². The number of nitrogens with one attached hydrogen (secondary N) is 1. The van der Waals surface area contributed by atoms with E-state index in [4.69, 9.17) is 11.6 Å². The van der Waals surface area contributed by atoms with Crippen LogP contribution in [-0.2, 0) is 32.6 Å². The van der Waals surface area contributed by atoms with Crippen molar-refractivity contribution >= 4 is 39.1 Å². The Balaban J connectivity index is 2.03. The Labute approximate surface area is 215 Å². The lowest BCUT2D eigenvalue weighted by Crippen LogP contribution is -2.52. The number of nitrogens with zero attached hydrogens (tertiary/aromatic N) is 2. The van der Waals surface area contributed by atoms with Gasteiger partial charge in [-0.05, 0) is 41.5 Å². The van der Waals surface area contributed by atoms with Gasteiger partial charge in [0.2, 0.25) is 21.8 Å². The summed E-state index contributed by atoms with van der Waals surface area (Å²) in [4.78, 5) is 28.0. The van der Waals surface area contributed by atoms with Crippen LogP contribution in [0, 0.1) is 5.82 Å². The number of rotatable bonds is 10. The molecule has 10 heteroatoms. The Morgan fingerprint density at radius 1 is 0.972 bits per heavy atom. The summed E-state index contributed by atoms with van der Waals surface area (Å²) in [5, 5.41) is 3.06. The predicted molar refractivity (Wildman–Crippen MR) is 139 cm³/mol. The molecule has 0 bridgehead atoms. The summed E-state index contributed by atoms with van der Waals surface area (Å²) in [5.41, 5.74) is 1.49. The van der Waals surface area contributed by atoms with E-state index in [1.165, 1.54) is 30.1 Å². The molecular formula is C26H27ClFN3O4S. The van der Waals surface area contributed by atoms with Crippen molar-refractivity contribution in [3.63, 3.8) is 0 Å². The second-order valence-corrected chi connectivity index (χ2v) is 10.6. The lowest BCUT2D eigenvalue weighted by molar-refractivity contribution is -0.139. The van der Waals surface area contributed by atoms with Crippen molar-refractivity contribution in [2.75, 3.05) is 24.2 Å². The van der Waals surface area contributed by atoms with Crippen LogP contribution in [0.5, 0.6) is 0 Å².